The fourth-order valence-electron chi connectivity index (χ4n) is 2.84. The standard InChI is InChI=1S/C14H24N4O/c1-10(2)18-8-7-16-13(14(18)19)17-12(9-15)11-5-3-4-6-11/h7-8,10-12H,3-6,9,15H2,1-2H3,(H,16,17). The molecule has 2 rings (SSSR count). The molecule has 1 unspecified atom stereocenters. The lowest BCUT2D eigenvalue weighted by Gasteiger charge is -2.23. The van der Waals surface area contributed by atoms with E-state index in [0.717, 1.165) is 0 Å². The number of aromatic nitrogens is 2. The van der Waals surface area contributed by atoms with Crippen molar-refractivity contribution in [2.24, 2.45) is 11.7 Å². The SMILES string of the molecule is CC(C)n1ccnc(NC(CN)C2CCCC2)c1=O. The van der Waals surface area contributed by atoms with Crippen molar-refractivity contribution in [3.63, 3.8) is 0 Å². The summed E-state index contributed by atoms with van der Waals surface area (Å²) in [6.45, 7) is 4.52. The summed E-state index contributed by atoms with van der Waals surface area (Å²) in [5.41, 5.74) is 5.79. The van der Waals surface area contributed by atoms with Crippen molar-refractivity contribution >= 4 is 5.82 Å². The molecule has 3 N–H and O–H groups in total. The number of nitrogens with two attached hydrogens (primary N) is 1. The van der Waals surface area contributed by atoms with Crippen molar-refractivity contribution in [1.29, 1.82) is 0 Å². The van der Waals surface area contributed by atoms with E-state index in [4.69, 9.17) is 5.73 Å². The number of rotatable bonds is 5. The van der Waals surface area contributed by atoms with E-state index in [1.807, 2.05) is 13.8 Å². The lowest BCUT2D eigenvalue weighted by molar-refractivity contribution is 0.459. The summed E-state index contributed by atoms with van der Waals surface area (Å²) in [5, 5.41) is 3.26. The van der Waals surface area contributed by atoms with Crippen LogP contribution in [-0.4, -0.2) is 22.1 Å². The zero-order valence-corrected chi connectivity index (χ0v) is 11.8. The van der Waals surface area contributed by atoms with Crippen molar-refractivity contribution in [1.82, 2.24) is 9.55 Å². The first-order valence-electron chi connectivity index (χ1n) is 7.17. The maximum atomic E-state index is 12.3. The Kier molecular flexibility index (Phi) is 4.58. The molecule has 1 aromatic rings. The summed E-state index contributed by atoms with van der Waals surface area (Å²) in [4.78, 5) is 16.5. The molecule has 1 aliphatic rings. The molecular formula is C14H24N4O. The molecule has 0 saturated heterocycles. The van der Waals surface area contributed by atoms with Crippen molar-refractivity contribution in [2.45, 2.75) is 51.6 Å². The summed E-state index contributed by atoms with van der Waals surface area (Å²) in [6, 6.07) is 0.296. The van der Waals surface area contributed by atoms with Crippen LogP contribution in [0, 0.1) is 5.92 Å². The molecule has 1 heterocycles. The molecular weight excluding hydrogens is 240 g/mol. The average Bonchev–Trinajstić information content (AvgIpc) is 2.91. The third-order valence-electron chi connectivity index (χ3n) is 3.97. The zero-order valence-electron chi connectivity index (χ0n) is 11.8. The maximum Gasteiger partial charge on any atom is 0.293 e. The quantitative estimate of drug-likeness (QED) is 0.850. The van der Waals surface area contributed by atoms with Crippen LogP contribution in [0.3, 0.4) is 0 Å². The van der Waals surface area contributed by atoms with Gasteiger partial charge in [0, 0.05) is 31.0 Å². The zero-order chi connectivity index (χ0) is 13.8. The van der Waals surface area contributed by atoms with Crippen LogP contribution in [0.4, 0.5) is 5.82 Å². The molecule has 1 saturated carbocycles. The Morgan fingerprint density at radius 2 is 2.16 bits per heavy atom. The Balaban J connectivity index is 2.17. The molecule has 0 aromatic carbocycles. The topological polar surface area (TPSA) is 72.9 Å². The minimum atomic E-state index is -0.0612. The monoisotopic (exact) mass is 264 g/mol. The van der Waals surface area contributed by atoms with Gasteiger partial charge < -0.3 is 15.6 Å². The minimum absolute atomic E-state index is 0.0612. The van der Waals surface area contributed by atoms with Gasteiger partial charge in [-0.05, 0) is 32.6 Å². The highest BCUT2D eigenvalue weighted by molar-refractivity contribution is 5.33. The second-order valence-electron chi connectivity index (χ2n) is 5.61. The van der Waals surface area contributed by atoms with E-state index in [-0.39, 0.29) is 17.6 Å². The predicted octanol–water partition coefficient (Wildman–Crippen LogP) is 1.75. The Bertz CT molecular complexity index is 463. The Morgan fingerprint density at radius 1 is 1.47 bits per heavy atom. The van der Waals surface area contributed by atoms with E-state index >= 15 is 0 Å². The van der Waals surface area contributed by atoms with Crippen LogP contribution >= 0.6 is 0 Å². The molecule has 1 aromatic heterocycles. The highest BCUT2D eigenvalue weighted by Gasteiger charge is 2.25. The number of nitrogens with one attached hydrogen (secondary N) is 1. The predicted molar refractivity (Wildman–Crippen MR) is 77.3 cm³/mol. The first-order valence-corrected chi connectivity index (χ1v) is 7.17. The molecule has 0 bridgehead atoms. The second kappa shape index (κ2) is 6.19. The van der Waals surface area contributed by atoms with Crippen LogP contribution < -0.4 is 16.6 Å². The van der Waals surface area contributed by atoms with Gasteiger partial charge >= 0.3 is 0 Å². The fourth-order valence-corrected chi connectivity index (χ4v) is 2.84. The number of nitrogens with zero attached hydrogens (tertiary/aromatic N) is 2. The molecule has 19 heavy (non-hydrogen) atoms. The lowest BCUT2D eigenvalue weighted by Crippen LogP contribution is -2.38. The third kappa shape index (κ3) is 3.15. The third-order valence-corrected chi connectivity index (χ3v) is 3.97. The van der Waals surface area contributed by atoms with Gasteiger partial charge in [0.2, 0.25) is 0 Å². The van der Waals surface area contributed by atoms with Crippen molar-refractivity contribution in [3.8, 4) is 0 Å². The molecule has 0 radical (unpaired) electrons. The van der Waals surface area contributed by atoms with Crippen molar-refractivity contribution < 1.29 is 0 Å². The van der Waals surface area contributed by atoms with Gasteiger partial charge in [-0.3, -0.25) is 4.79 Å². The van der Waals surface area contributed by atoms with Crippen molar-refractivity contribution in [2.75, 3.05) is 11.9 Å². The van der Waals surface area contributed by atoms with Gasteiger partial charge in [-0.15, -0.1) is 0 Å². The normalized spacial score (nSPS) is 17.9. The summed E-state index contributed by atoms with van der Waals surface area (Å²) < 4.78 is 1.69. The minimum Gasteiger partial charge on any atom is -0.361 e. The molecule has 1 fully saturated rings. The van der Waals surface area contributed by atoms with E-state index in [1.54, 1.807) is 17.0 Å². The molecule has 0 spiro atoms. The van der Waals surface area contributed by atoms with Gasteiger partial charge in [-0.25, -0.2) is 4.98 Å². The van der Waals surface area contributed by atoms with Crippen LogP contribution in [-0.2, 0) is 0 Å². The molecule has 0 amide bonds. The van der Waals surface area contributed by atoms with Gasteiger partial charge in [0.15, 0.2) is 5.82 Å². The highest BCUT2D eigenvalue weighted by atomic mass is 16.1. The number of hydrogen-bond donors (Lipinski definition) is 2. The summed E-state index contributed by atoms with van der Waals surface area (Å²) in [7, 11) is 0. The number of hydrogen-bond acceptors (Lipinski definition) is 4. The van der Waals surface area contributed by atoms with Gasteiger partial charge in [0.1, 0.15) is 0 Å². The first-order chi connectivity index (χ1) is 9.13. The average molecular weight is 264 g/mol. The molecule has 1 atom stereocenters. The van der Waals surface area contributed by atoms with Crippen LogP contribution in [0.2, 0.25) is 0 Å². The van der Waals surface area contributed by atoms with Gasteiger partial charge in [-0.2, -0.15) is 0 Å². The highest BCUT2D eigenvalue weighted by Crippen LogP contribution is 2.28. The van der Waals surface area contributed by atoms with E-state index in [9.17, 15) is 4.79 Å². The summed E-state index contributed by atoms with van der Waals surface area (Å²) >= 11 is 0. The molecule has 1 aliphatic carbocycles. The Morgan fingerprint density at radius 3 is 2.74 bits per heavy atom. The Hall–Kier alpha value is -1.36. The van der Waals surface area contributed by atoms with Crippen LogP contribution in [0.1, 0.15) is 45.6 Å². The molecule has 0 aliphatic heterocycles. The second-order valence-corrected chi connectivity index (χ2v) is 5.61. The van der Waals surface area contributed by atoms with Crippen LogP contribution in [0.25, 0.3) is 0 Å². The van der Waals surface area contributed by atoms with Crippen LogP contribution in [0.5, 0.6) is 0 Å². The van der Waals surface area contributed by atoms with Crippen molar-refractivity contribution in [3.05, 3.63) is 22.7 Å². The maximum absolute atomic E-state index is 12.3. The first kappa shape index (κ1) is 14.1. The lowest BCUT2D eigenvalue weighted by atomic mass is 9.98. The molecule has 5 heteroatoms. The van der Waals surface area contributed by atoms with E-state index in [1.165, 1.54) is 25.7 Å². The largest absolute Gasteiger partial charge is 0.361 e. The smallest absolute Gasteiger partial charge is 0.293 e. The number of anilines is 1. The van der Waals surface area contributed by atoms with Gasteiger partial charge in [0.05, 0.1) is 0 Å². The summed E-state index contributed by atoms with van der Waals surface area (Å²) in [6.07, 6.45) is 8.32. The van der Waals surface area contributed by atoms with Gasteiger partial charge in [-0.1, -0.05) is 12.8 Å². The van der Waals surface area contributed by atoms with Gasteiger partial charge in [0.25, 0.3) is 5.56 Å². The van der Waals surface area contributed by atoms with E-state index < -0.39 is 0 Å². The fraction of sp³-hybridized carbons (Fsp3) is 0.714. The molecule has 106 valence electrons. The Labute approximate surface area is 114 Å². The van der Waals surface area contributed by atoms with Crippen LogP contribution in [0.15, 0.2) is 17.2 Å². The summed E-state index contributed by atoms with van der Waals surface area (Å²) in [5.74, 6) is 0.998. The van der Waals surface area contributed by atoms with E-state index in [2.05, 4.69) is 10.3 Å². The molecule has 5 nitrogen and oxygen atoms in total. The van der Waals surface area contributed by atoms with E-state index in [0.29, 0.717) is 18.3 Å².